The van der Waals surface area contributed by atoms with Crippen LogP contribution in [0, 0.1) is 31.5 Å². The second-order valence-corrected chi connectivity index (χ2v) is 9.00. The van der Waals surface area contributed by atoms with Gasteiger partial charge in [0.05, 0.1) is 24.5 Å². The number of benzene rings is 2. The summed E-state index contributed by atoms with van der Waals surface area (Å²) in [4.78, 5) is 41.6. The van der Waals surface area contributed by atoms with Gasteiger partial charge in [-0.1, -0.05) is 24.3 Å². The van der Waals surface area contributed by atoms with Gasteiger partial charge < -0.3 is 10.4 Å². The quantitative estimate of drug-likeness (QED) is 0.636. The highest BCUT2D eigenvalue weighted by Gasteiger charge is 2.71. The van der Waals surface area contributed by atoms with Crippen molar-refractivity contribution in [2.75, 3.05) is 5.32 Å². The number of fused-ring (bicyclic) bond motifs is 4. The Kier molecular flexibility index (Phi) is 4.51. The Morgan fingerprint density at radius 1 is 1.09 bits per heavy atom. The smallest absolute Gasteiger partial charge is 0.250 e. The second kappa shape index (κ2) is 6.95. The van der Waals surface area contributed by atoms with Crippen LogP contribution in [0.3, 0.4) is 0 Å². The molecule has 5 rings (SSSR count). The largest absolute Gasteiger partial charge is 0.392 e. The van der Waals surface area contributed by atoms with Crippen molar-refractivity contribution < 1.29 is 23.9 Å². The zero-order valence-electron chi connectivity index (χ0n) is 18.0. The number of carbonyl (C=O) groups excluding carboxylic acids is 3. The summed E-state index contributed by atoms with van der Waals surface area (Å²) in [7, 11) is 0. The Balaban J connectivity index is 1.62. The molecular weight excluding hydrogens is 413 g/mol. The molecule has 0 aliphatic carbocycles. The van der Waals surface area contributed by atoms with E-state index in [2.05, 4.69) is 10.6 Å². The monoisotopic (exact) mass is 437 g/mol. The molecule has 166 valence electrons. The van der Waals surface area contributed by atoms with E-state index in [0.717, 1.165) is 16.0 Å². The van der Waals surface area contributed by atoms with Gasteiger partial charge in [-0.2, -0.15) is 0 Å². The van der Waals surface area contributed by atoms with Crippen LogP contribution in [0.5, 0.6) is 0 Å². The molecule has 0 aromatic heterocycles. The first kappa shape index (κ1) is 20.8. The van der Waals surface area contributed by atoms with Crippen molar-refractivity contribution in [2.45, 2.75) is 45.0 Å². The van der Waals surface area contributed by atoms with E-state index in [1.807, 2.05) is 26.0 Å². The minimum Gasteiger partial charge on any atom is -0.392 e. The lowest BCUT2D eigenvalue weighted by atomic mass is 9.76. The zero-order valence-corrected chi connectivity index (χ0v) is 18.0. The highest BCUT2D eigenvalue weighted by molar-refractivity contribution is 6.15. The molecule has 3 aliphatic heterocycles. The number of hydrogen-bond acceptors (Lipinski definition) is 5. The molecule has 3 amide bonds. The van der Waals surface area contributed by atoms with Gasteiger partial charge in [0.1, 0.15) is 11.4 Å². The topological polar surface area (TPSA) is 98.7 Å². The van der Waals surface area contributed by atoms with Crippen molar-refractivity contribution in [1.82, 2.24) is 10.2 Å². The van der Waals surface area contributed by atoms with Crippen LogP contribution in [0.25, 0.3) is 0 Å². The maximum atomic E-state index is 13.6. The molecule has 3 aliphatic rings. The number of likely N-dealkylation sites (tertiary alicyclic amines) is 1. The molecule has 1 spiro atoms. The van der Waals surface area contributed by atoms with E-state index in [-0.39, 0.29) is 6.54 Å². The molecule has 3 unspecified atom stereocenters. The Hall–Kier alpha value is -3.10. The first-order chi connectivity index (χ1) is 15.2. The number of nitrogens with one attached hydrogen (secondary N) is 2. The van der Waals surface area contributed by atoms with Crippen molar-refractivity contribution in [3.63, 3.8) is 0 Å². The molecule has 3 N–H and O–H groups in total. The number of aliphatic hydroxyl groups excluding tert-OH is 1. The number of rotatable bonds is 3. The zero-order chi connectivity index (χ0) is 22.9. The first-order valence-electron chi connectivity index (χ1n) is 10.6. The number of aliphatic hydroxyl groups is 1. The molecule has 7 nitrogen and oxygen atoms in total. The van der Waals surface area contributed by atoms with Crippen LogP contribution in [-0.2, 0) is 26.5 Å². The summed E-state index contributed by atoms with van der Waals surface area (Å²) in [6.07, 6.45) is -0.965. The fourth-order valence-corrected chi connectivity index (χ4v) is 5.45. The molecule has 32 heavy (non-hydrogen) atoms. The lowest BCUT2D eigenvalue weighted by Gasteiger charge is -2.30. The molecule has 2 fully saturated rings. The second-order valence-electron chi connectivity index (χ2n) is 9.00. The van der Waals surface area contributed by atoms with Gasteiger partial charge in [-0.15, -0.1) is 0 Å². The van der Waals surface area contributed by atoms with Crippen LogP contribution in [-0.4, -0.2) is 39.9 Å². The van der Waals surface area contributed by atoms with Gasteiger partial charge in [-0.3, -0.25) is 24.6 Å². The van der Waals surface area contributed by atoms with Crippen LogP contribution < -0.4 is 10.6 Å². The summed E-state index contributed by atoms with van der Waals surface area (Å²) >= 11 is 0. The summed E-state index contributed by atoms with van der Waals surface area (Å²) in [6, 6.07) is 8.52. The molecular formula is C24H24FN3O4. The summed E-state index contributed by atoms with van der Waals surface area (Å²) in [6.45, 7) is 5.36. The van der Waals surface area contributed by atoms with Gasteiger partial charge in [0, 0.05) is 17.3 Å². The average molecular weight is 437 g/mol. The van der Waals surface area contributed by atoms with Gasteiger partial charge >= 0.3 is 0 Å². The Morgan fingerprint density at radius 2 is 1.78 bits per heavy atom. The fourth-order valence-electron chi connectivity index (χ4n) is 5.45. The van der Waals surface area contributed by atoms with Gasteiger partial charge in [0.15, 0.2) is 0 Å². The lowest BCUT2D eigenvalue weighted by molar-refractivity contribution is -0.143. The number of carbonyl (C=O) groups is 3. The van der Waals surface area contributed by atoms with Gasteiger partial charge in [-0.25, -0.2) is 4.39 Å². The lowest BCUT2D eigenvalue weighted by Crippen LogP contribution is -2.54. The molecule has 0 radical (unpaired) electrons. The van der Waals surface area contributed by atoms with Crippen LogP contribution >= 0.6 is 0 Å². The molecule has 2 saturated heterocycles. The van der Waals surface area contributed by atoms with Gasteiger partial charge in [0.25, 0.3) is 0 Å². The molecule has 0 saturated carbocycles. The Bertz CT molecular complexity index is 1160. The van der Waals surface area contributed by atoms with Crippen LogP contribution in [0.4, 0.5) is 10.1 Å². The minimum absolute atomic E-state index is 0.0189. The maximum Gasteiger partial charge on any atom is 0.250 e. The third-order valence-corrected chi connectivity index (χ3v) is 7.22. The molecule has 2 aromatic rings. The van der Waals surface area contributed by atoms with Crippen LogP contribution in [0.15, 0.2) is 36.4 Å². The summed E-state index contributed by atoms with van der Waals surface area (Å²) < 4.78 is 13.3. The fraction of sp³-hybridized carbons (Fsp3) is 0.375. The molecule has 3 heterocycles. The molecule has 0 bridgehead atoms. The van der Waals surface area contributed by atoms with E-state index in [1.54, 1.807) is 6.92 Å². The van der Waals surface area contributed by atoms with E-state index in [9.17, 15) is 23.9 Å². The predicted octanol–water partition coefficient (Wildman–Crippen LogP) is 1.74. The SMILES string of the molecule is Cc1ccc2c(c1C)NC(=O)C21NC(C(C)O)[C@@H]2C(=O)N(Cc3ccc(F)cc3)C(=O)[C@@H]21. The summed E-state index contributed by atoms with van der Waals surface area (Å²) in [5.41, 5.74) is 2.32. The Morgan fingerprint density at radius 3 is 2.44 bits per heavy atom. The maximum absolute atomic E-state index is 13.6. The van der Waals surface area contributed by atoms with Crippen molar-refractivity contribution in [1.29, 1.82) is 0 Å². The normalized spacial score (nSPS) is 29.5. The van der Waals surface area contributed by atoms with E-state index in [0.29, 0.717) is 16.8 Å². The van der Waals surface area contributed by atoms with Crippen LogP contribution in [0.1, 0.15) is 29.2 Å². The number of hydrogen-bond donors (Lipinski definition) is 3. The van der Waals surface area contributed by atoms with Crippen molar-refractivity contribution in [3.8, 4) is 0 Å². The third kappa shape index (κ3) is 2.63. The number of imide groups is 1. The summed E-state index contributed by atoms with van der Waals surface area (Å²) in [5.74, 6) is -3.60. The van der Waals surface area contributed by atoms with Gasteiger partial charge in [-0.05, 0) is 49.6 Å². The van der Waals surface area contributed by atoms with E-state index < -0.39 is 53.1 Å². The highest BCUT2D eigenvalue weighted by atomic mass is 19.1. The van der Waals surface area contributed by atoms with Gasteiger partial charge in [0.2, 0.25) is 17.7 Å². The van der Waals surface area contributed by atoms with Crippen molar-refractivity contribution in [2.24, 2.45) is 11.8 Å². The highest BCUT2D eigenvalue weighted by Crippen LogP contribution is 2.54. The van der Waals surface area contributed by atoms with E-state index >= 15 is 0 Å². The number of anilines is 1. The van der Waals surface area contributed by atoms with E-state index in [1.165, 1.54) is 24.3 Å². The summed E-state index contributed by atoms with van der Waals surface area (Å²) in [5, 5.41) is 16.6. The number of amides is 3. The molecule has 5 atom stereocenters. The van der Waals surface area contributed by atoms with Crippen molar-refractivity contribution >= 4 is 23.4 Å². The van der Waals surface area contributed by atoms with E-state index in [4.69, 9.17) is 0 Å². The standard InChI is InChI=1S/C24H24FN3O4/c1-11-4-9-16-19(12(11)2)26-23(32)24(16)18-17(20(27-24)13(3)29)21(30)28(22(18)31)10-14-5-7-15(25)8-6-14/h4-9,13,17-18,20,27,29H,10H2,1-3H3,(H,26,32)/t13?,17-,18-,20?,24?/m1/s1. The van der Waals surface area contributed by atoms with Crippen LogP contribution in [0.2, 0.25) is 0 Å². The minimum atomic E-state index is -1.44. The Labute approximate surface area is 184 Å². The molecule has 2 aromatic carbocycles. The number of nitrogens with zero attached hydrogens (tertiary/aromatic N) is 1. The first-order valence-corrected chi connectivity index (χ1v) is 10.6. The van der Waals surface area contributed by atoms with Crippen molar-refractivity contribution in [3.05, 3.63) is 64.5 Å². The predicted molar refractivity (Wildman–Crippen MR) is 114 cm³/mol. The molecule has 8 heteroatoms. The number of aryl methyl sites for hydroxylation is 1. The average Bonchev–Trinajstić information content (AvgIpc) is 3.34. The third-order valence-electron chi connectivity index (χ3n) is 7.22. The number of halogens is 1.